The summed E-state index contributed by atoms with van der Waals surface area (Å²) in [5.41, 5.74) is 0.817. The summed E-state index contributed by atoms with van der Waals surface area (Å²) in [5, 5.41) is 7.85. The van der Waals surface area contributed by atoms with E-state index >= 15 is 0 Å². The Labute approximate surface area is 166 Å². The number of hydrogen-bond donors (Lipinski definition) is 1. The van der Waals surface area contributed by atoms with Crippen LogP contribution in [0.1, 0.15) is 54.8 Å². The number of fused-ring (bicyclic) bond motifs is 2. The number of rotatable bonds is 4. The lowest BCUT2D eigenvalue weighted by Crippen LogP contribution is -2.30. The second kappa shape index (κ2) is 6.14. The molecular formula is C20H23N3O4S. The largest absolute Gasteiger partial charge is 0.469 e. The summed E-state index contributed by atoms with van der Waals surface area (Å²) < 4.78 is 10.5. The number of amides is 1. The fourth-order valence-corrected chi connectivity index (χ4v) is 6.57. The third-order valence-electron chi connectivity index (χ3n) is 6.75. The van der Waals surface area contributed by atoms with Crippen LogP contribution in [0.4, 0.5) is 5.00 Å². The first-order valence-corrected chi connectivity index (χ1v) is 10.7. The predicted molar refractivity (Wildman–Crippen MR) is 103 cm³/mol. The lowest BCUT2D eigenvalue weighted by atomic mass is 9.94. The molecule has 3 aliphatic rings. The fourth-order valence-electron chi connectivity index (χ4n) is 5.30. The molecule has 2 heterocycles. The van der Waals surface area contributed by atoms with Crippen LogP contribution in [0.3, 0.4) is 0 Å². The highest BCUT2D eigenvalue weighted by Gasteiger charge is 2.78. The molecule has 2 fully saturated rings. The van der Waals surface area contributed by atoms with Gasteiger partial charge in [-0.2, -0.15) is 4.98 Å². The molecule has 0 spiro atoms. The summed E-state index contributed by atoms with van der Waals surface area (Å²) >= 11 is 1.61. The van der Waals surface area contributed by atoms with E-state index in [4.69, 9.17) is 9.26 Å². The summed E-state index contributed by atoms with van der Waals surface area (Å²) in [5.74, 6) is 0.709. The molecule has 2 aromatic heterocycles. The normalized spacial score (nSPS) is 27.8. The van der Waals surface area contributed by atoms with Crippen molar-refractivity contribution in [1.29, 1.82) is 0 Å². The van der Waals surface area contributed by atoms with E-state index in [1.54, 1.807) is 18.3 Å². The first-order chi connectivity index (χ1) is 13.5. The van der Waals surface area contributed by atoms with Crippen molar-refractivity contribution in [3.63, 3.8) is 0 Å². The molecule has 7 nitrogen and oxygen atoms in total. The Kier molecular flexibility index (Phi) is 3.91. The van der Waals surface area contributed by atoms with Crippen LogP contribution < -0.4 is 5.32 Å². The van der Waals surface area contributed by atoms with Gasteiger partial charge in [0.25, 0.3) is 5.89 Å². The van der Waals surface area contributed by atoms with Gasteiger partial charge < -0.3 is 14.6 Å². The number of anilines is 1. The van der Waals surface area contributed by atoms with Crippen molar-refractivity contribution < 1.29 is 18.8 Å². The molecule has 8 heteroatoms. The first kappa shape index (κ1) is 17.8. The van der Waals surface area contributed by atoms with Crippen molar-refractivity contribution in [3.05, 3.63) is 16.3 Å². The molecule has 1 N–H and O–H groups in total. The van der Waals surface area contributed by atoms with Crippen LogP contribution in [0.5, 0.6) is 0 Å². The molecule has 0 bridgehead atoms. The highest BCUT2D eigenvalue weighted by molar-refractivity contribution is 7.17. The molecule has 2 atom stereocenters. The van der Waals surface area contributed by atoms with Crippen LogP contribution in [0.25, 0.3) is 11.5 Å². The second-order valence-corrected chi connectivity index (χ2v) is 9.31. The summed E-state index contributed by atoms with van der Waals surface area (Å²) in [4.78, 5) is 31.4. The molecule has 3 aliphatic carbocycles. The Morgan fingerprint density at radius 1 is 1.18 bits per heavy atom. The van der Waals surface area contributed by atoms with Gasteiger partial charge in [0.1, 0.15) is 5.00 Å². The molecule has 1 amide bonds. The van der Waals surface area contributed by atoms with Crippen molar-refractivity contribution >= 4 is 28.2 Å². The second-order valence-electron chi connectivity index (χ2n) is 8.20. The number of carbonyl (C=O) groups excluding carboxylic acids is 2. The van der Waals surface area contributed by atoms with E-state index in [1.807, 2.05) is 0 Å². The van der Waals surface area contributed by atoms with Crippen LogP contribution in [-0.4, -0.2) is 29.1 Å². The van der Waals surface area contributed by atoms with E-state index in [1.165, 1.54) is 17.6 Å². The van der Waals surface area contributed by atoms with Gasteiger partial charge >= 0.3 is 5.97 Å². The third-order valence-corrected chi connectivity index (χ3v) is 7.96. The Balaban J connectivity index is 1.50. The summed E-state index contributed by atoms with van der Waals surface area (Å²) in [6, 6.07) is 0. The van der Waals surface area contributed by atoms with Crippen molar-refractivity contribution in [2.45, 2.75) is 58.3 Å². The van der Waals surface area contributed by atoms with Gasteiger partial charge in [0.2, 0.25) is 5.91 Å². The number of methoxy groups -OCH3 is 1. The number of nitrogens with zero attached hydrogens (tertiary/aromatic N) is 2. The van der Waals surface area contributed by atoms with E-state index < -0.39 is 10.8 Å². The highest BCUT2D eigenvalue weighted by Crippen LogP contribution is 2.74. The van der Waals surface area contributed by atoms with Gasteiger partial charge in [0.15, 0.2) is 5.82 Å². The van der Waals surface area contributed by atoms with Gasteiger partial charge in [0, 0.05) is 4.88 Å². The van der Waals surface area contributed by atoms with Crippen LogP contribution >= 0.6 is 11.3 Å². The SMILES string of the molecule is COC(=O)[C@]12CCC[C@@]1(C(=O)Nc1sc3c(c1-c1nc(C)no1)CCCC3)C2. The summed E-state index contributed by atoms with van der Waals surface area (Å²) in [6.07, 6.45) is 7.14. The molecule has 148 valence electrons. The number of hydrogen-bond acceptors (Lipinski definition) is 7. The standard InChI is InChI=1S/C20H23N3O4S/c1-11-21-15(27-23-11)14-12-6-3-4-7-13(12)28-16(14)22-17(24)19-8-5-9-20(19,10-19)18(25)26-2/h3-10H2,1-2H3,(H,22,24)/t19-,20+/m0/s1. The molecular weight excluding hydrogens is 378 g/mol. The number of aromatic nitrogens is 2. The number of ether oxygens (including phenoxy) is 1. The molecule has 0 unspecified atom stereocenters. The van der Waals surface area contributed by atoms with Crippen molar-refractivity contribution in [2.75, 3.05) is 12.4 Å². The smallest absolute Gasteiger partial charge is 0.312 e. The van der Waals surface area contributed by atoms with Crippen LogP contribution in [-0.2, 0) is 27.2 Å². The maximum Gasteiger partial charge on any atom is 0.312 e. The summed E-state index contributed by atoms with van der Waals surface area (Å²) in [7, 11) is 1.40. The number of aryl methyl sites for hydroxylation is 2. The van der Waals surface area contributed by atoms with Crippen LogP contribution in [0, 0.1) is 17.8 Å². The maximum absolute atomic E-state index is 13.3. The van der Waals surface area contributed by atoms with Crippen LogP contribution in [0.15, 0.2) is 4.52 Å². The molecule has 2 aromatic rings. The van der Waals surface area contributed by atoms with Gasteiger partial charge in [-0.05, 0) is 57.4 Å². The van der Waals surface area contributed by atoms with E-state index in [2.05, 4.69) is 15.5 Å². The highest BCUT2D eigenvalue weighted by atomic mass is 32.1. The van der Waals surface area contributed by atoms with E-state index in [9.17, 15) is 9.59 Å². The van der Waals surface area contributed by atoms with Gasteiger partial charge in [-0.1, -0.05) is 11.6 Å². The Morgan fingerprint density at radius 3 is 2.71 bits per heavy atom. The monoisotopic (exact) mass is 401 g/mol. The van der Waals surface area contributed by atoms with Crippen molar-refractivity contribution in [3.8, 4) is 11.5 Å². The third kappa shape index (κ3) is 2.33. The van der Waals surface area contributed by atoms with E-state index in [0.29, 0.717) is 18.1 Å². The number of carbonyl (C=O) groups is 2. The average molecular weight is 401 g/mol. The Bertz CT molecular complexity index is 980. The van der Waals surface area contributed by atoms with E-state index in [0.717, 1.165) is 55.5 Å². The lowest BCUT2D eigenvalue weighted by Gasteiger charge is -2.16. The van der Waals surface area contributed by atoms with Gasteiger partial charge in [-0.15, -0.1) is 11.3 Å². The zero-order chi connectivity index (χ0) is 19.5. The van der Waals surface area contributed by atoms with Crippen LogP contribution in [0.2, 0.25) is 0 Å². The molecule has 2 saturated carbocycles. The zero-order valence-corrected chi connectivity index (χ0v) is 16.9. The van der Waals surface area contributed by atoms with Gasteiger partial charge in [-0.3, -0.25) is 9.59 Å². The number of nitrogens with one attached hydrogen (secondary N) is 1. The molecule has 0 aromatic carbocycles. The maximum atomic E-state index is 13.3. The molecule has 0 aliphatic heterocycles. The molecule has 0 radical (unpaired) electrons. The lowest BCUT2D eigenvalue weighted by molar-refractivity contribution is -0.149. The zero-order valence-electron chi connectivity index (χ0n) is 16.1. The Hall–Kier alpha value is -2.22. The summed E-state index contributed by atoms with van der Waals surface area (Å²) in [6.45, 7) is 1.79. The number of thiophene rings is 1. The molecule has 28 heavy (non-hydrogen) atoms. The average Bonchev–Trinajstić information content (AvgIpc) is 3.03. The fraction of sp³-hybridized carbons (Fsp3) is 0.600. The molecule has 0 saturated heterocycles. The quantitative estimate of drug-likeness (QED) is 0.786. The number of esters is 1. The topological polar surface area (TPSA) is 94.3 Å². The van der Waals surface area contributed by atoms with Crippen molar-refractivity contribution in [2.24, 2.45) is 10.8 Å². The minimum Gasteiger partial charge on any atom is -0.469 e. The Morgan fingerprint density at radius 2 is 1.96 bits per heavy atom. The first-order valence-electron chi connectivity index (χ1n) is 9.86. The molecule has 5 rings (SSSR count). The minimum atomic E-state index is -0.635. The van der Waals surface area contributed by atoms with Gasteiger partial charge in [0.05, 0.1) is 23.5 Å². The van der Waals surface area contributed by atoms with Gasteiger partial charge in [-0.25, -0.2) is 0 Å². The van der Waals surface area contributed by atoms with E-state index in [-0.39, 0.29) is 11.9 Å². The van der Waals surface area contributed by atoms with Crippen molar-refractivity contribution in [1.82, 2.24) is 10.1 Å². The minimum absolute atomic E-state index is 0.0773. The predicted octanol–water partition coefficient (Wildman–Crippen LogP) is 3.66.